The maximum absolute atomic E-state index is 6.97. The molecule has 1 saturated heterocycles. The molecule has 1 N–H and O–H groups in total. The Balaban J connectivity index is 0.000000185. The molecule has 0 spiro atoms. The maximum atomic E-state index is 6.97. The maximum Gasteiger partial charge on any atom is 0.169 e. The van der Waals surface area contributed by atoms with Gasteiger partial charge in [-0.3, -0.25) is 0 Å². The molecule has 0 saturated carbocycles. The zero-order valence-corrected chi connectivity index (χ0v) is 14.2. The monoisotopic (exact) mass is 313 g/mol. The molecule has 0 unspecified atom stereocenters. The molecule has 1 aliphatic heterocycles. The number of hydrogen-bond acceptors (Lipinski definition) is 1. The molecule has 0 aromatic carbocycles. The summed E-state index contributed by atoms with van der Waals surface area (Å²) in [7, 11) is 4.05. The van der Waals surface area contributed by atoms with Gasteiger partial charge in [0.25, 0.3) is 0 Å². The molecule has 0 radical (unpaired) electrons. The third-order valence-corrected chi connectivity index (χ3v) is 3.87. The molecule has 0 atom stereocenters. The molecule has 0 amide bonds. The van der Waals surface area contributed by atoms with Gasteiger partial charge in [0.15, 0.2) is 24.8 Å². The molecular weight excluding hydrogens is 286 g/mol. The van der Waals surface area contributed by atoms with Gasteiger partial charge >= 0.3 is 0 Å². The van der Waals surface area contributed by atoms with E-state index < -0.39 is 0 Å². The zero-order valence-electron chi connectivity index (χ0n) is 14.2. The number of nitrogens with one attached hydrogen (secondary N) is 1. The number of nitrogens with zero attached hydrogens (tertiary/aromatic N) is 4. The average Bonchev–Trinajstić information content (AvgIpc) is 2.58. The van der Waals surface area contributed by atoms with Crippen LogP contribution in [0.2, 0.25) is 0 Å². The van der Waals surface area contributed by atoms with Gasteiger partial charge in [0.2, 0.25) is 0 Å². The molecule has 5 nitrogen and oxygen atoms in total. The van der Waals surface area contributed by atoms with Crippen molar-refractivity contribution in [1.29, 1.82) is 0 Å². The SMILES string of the molecule is C[n+]1ccc(-c2cc[n+](C)cc2)cc1.[NH-]CCN1CC[N-]CC1. The molecule has 0 bridgehead atoms. The first kappa shape index (κ1) is 17.5. The van der Waals surface area contributed by atoms with Crippen LogP contribution in [0.15, 0.2) is 49.1 Å². The van der Waals surface area contributed by atoms with E-state index in [0.29, 0.717) is 6.54 Å². The lowest BCUT2D eigenvalue weighted by atomic mass is 10.1. The Morgan fingerprint density at radius 1 is 0.913 bits per heavy atom. The van der Waals surface area contributed by atoms with Gasteiger partial charge in [-0.05, 0) is 30.8 Å². The van der Waals surface area contributed by atoms with Gasteiger partial charge in [0, 0.05) is 24.3 Å². The van der Waals surface area contributed by atoms with E-state index >= 15 is 0 Å². The van der Waals surface area contributed by atoms with Crippen LogP contribution in [0.25, 0.3) is 22.2 Å². The van der Waals surface area contributed by atoms with E-state index in [4.69, 9.17) is 5.73 Å². The van der Waals surface area contributed by atoms with Crippen LogP contribution in [-0.4, -0.2) is 44.2 Å². The third-order valence-electron chi connectivity index (χ3n) is 3.87. The fraction of sp³-hybridized carbons (Fsp3) is 0.444. The Kier molecular flexibility index (Phi) is 7.13. The molecule has 3 heterocycles. The highest BCUT2D eigenvalue weighted by Crippen LogP contribution is 2.14. The Morgan fingerprint density at radius 3 is 1.74 bits per heavy atom. The van der Waals surface area contributed by atoms with Crippen molar-refractivity contribution in [3.63, 3.8) is 0 Å². The molecule has 1 fully saturated rings. The number of hydrogen-bond donors (Lipinski definition) is 0. The molecule has 1 aliphatic rings. The van der Waals surface area contributed by atoms with Crippen molar-refractivity contribution >= 4 is 0 Å². The molecule has 2 aromatic heterocycles. The van der Waals surface area contributed by atoms with E-state index in [-0.39, 0.29) is 0 Å². The van der Waals surface area contributed by atoms with Crippen LogP contribution >= 0.6 is 0 Å². The minimum Gasteiger partial charge on any atom is -0.676 e. The van der Waals surface area contributed by atoms with Crippen LogP contribution in [-0.2, 0) is 14.1 Å². The Labute approximate surface area is 139 Å². The minimum absolute atomic E-state index is 0.528. The van der Waals surface area contributed by atoms with E-state index in [1.54, 1.807) is 0 Å². The predicted octanol–water partition coefficient (Wildman–Crippen LogP) is 1.73. The third kappa shape index (κ3) is 6.06. The fourth-order valence-corrected chi connectivity index (χ4v) is 2.42. The summed E-state index contributed by atoms with van der Waals surface area (Å²) in [6, 6.07) is 8.48. The topological polar surface area (TPSA) is 48.9 Å². The predicted molar refractivity (Wildman–Crippen MR) is 93.0 cm³/mol. The van der Waals surface area contributed by atoms with Crippen LogP contribution in [0.3, 0.4) is 0 Å². The highest BCUT2D eigenvalue weighted by molar-refractivity contribution is 5.60. The largest absolute Gasteiger partial charge is 0.676 e. The van der Waals surface area contributed by atoms with E-state index in [9.17, 15) is 0 Å². The van der Waals surface area contributed by atoms with Gasteiger partial charge in [0.1, 0.15) is 14.1 Å². The normalized spacial score (nSPS) is 14.9. The number of piperazine rings is 1. The van der Waals surface area contributed by atoms with Gasteiger partial charge in [-0.2, -0.15) is 0 Å². The van der Waals surface area contributed by atoms with Gasteiger partial charge in [-0.25, -0.2) is 9.13 Å². The summed E-state index contributed by atoms with van der Waals surface area (Å²) in [6.45, 7) is 5.54. The lowest BCUT2D eigenvalue weighted by Gasteiger charge is -2.35. The number of aromatic nitrogens is 2. The summed E-state index contributed by atoms with van der Waals surface area (Å²) < 4.78 is 4.07. The minimum atomic E-state index is 0.528. The second kappa shape index (κ2) is 9.35. The molecule has 23 heavy (non-hydrogen) atoms. The second-order valence-corrected chi connectivity index (χ2v) is 5.77. The average molecular weight is 313 g/mol. The summed E-state index contributed by atoms with van der Waals surface area (Å²) >= 11 is 0. The summed E-state index contributed by atoms with van der Waals surface area (Å²) in [5.41, 5.74) is 9.47. The van der Waals surface area contributed by atoms with Crippen LogP contribution in [0, 0.1) is 0 Å². The van der Waals surface area contributed by atoms with Gasteiger partial charge in [-0.15, -0.1) is 19.6 Å². The van der Waals surface area contributed by atoms with Crippen LogP contribution in [0.5, 0.6) is 0 Å². The highest BCUT2D eigenvalue weighted by atomic mass is 15.2. The lowest BCUT2D eigenvalue weighted by Crippen LogP contribution is -2.35. The van der Waals surface area contributed by atoms with Crippen LogP contribution in [0.1, 0.15) is 0 Å². The van der Waals surface area contributed by atoms with Gasteiger partial charge in [-0.1, -0.05) is 0 Å². The van der Waals surface area contributed by atoms with Gasteiger partial charge in [0.05, 0.1) is 0 Å². The van der Waals surface area contributed by atoms with E-state index in [2.05, 4.69) is 59.3 Å². The van der Waals surface area contributed by atoms with Crippen molar-refractivity contribution in [3.05, 3.63) is 60.1 Å². The number of pyridine rings is 2. The Hall–Kier alpha value is -1.82. The number of aryl methyl sites for hydroxylation is 2. The van der Waals surface area contributed by atoms with Crippen molar-refractivity contribution in [3.8, 4) is 11.1 Å². The van der Waals surface area contributed by atoms with Crippen LogP contribution < -0.4 is 9.13 Å². The van der Waals surface area contributed by atoms with E-state index in [1.165, 1.54) is 11.1 Å². The smallest absolute Gasteiger partial charge is 0.169 e. The highest BCUT2D eigenvalue weighted by Gasteiger charge is 2.01. The van der Waals surface area contributed by atoms with Crippen LogP contribution in [0.4, 0.5) is 0 Å². The Bertz CT molecular complexity index is 513. The summed E-state index contributed by atoms with van der Waals surface area (Å²) in [6.07, 6.45) is 8.23. The molecule has 2 aromatic rings. The molecule has 3 rings (SSSR count). The van der Waals surface area contributed by atoms with Crippen molar-refractivity contribution in [2.45, 2.75) is 0 Å². The first-order valence-electron chi connectivity index (χ1n) is 8.10. The molecule has 5 heteroatoms. The molecular formula is C18H27N5. The second-order valence-electron chi connectivity index (χ2n) is 5.77. The summed E-state index contributed by atoms with van der Waals surface area (Å²) in [5.74, 6) is 0. The fourth-order valence-electron chi connectivity index (χ4n) is 2.42. The summed E-state index contributed by atoms with van der Waals surface area (Å²) in [5, 5.41) is 4.21. The lowest BCUT2D eigenvalue weighted by molar-refractivity contribution is -0.671. The van der Waals surface area contributed by atoms with Crippen molar-refractivity contribution < 1.29 is 9.13 Å². The van der Waals surface area contributed by atoms with Gasteiger partial charge < -0.3 is 16.0 Å². The summed E-state index contributed by atoms with van der Waals surface area (Å²) in [4.78, 5) is 2.29. The quantitative estimate of drug-likeness (QED) is 0.796. The standard InChI is InChI=1S/C12H14N2.C6H13N3/c1-13-7-3-11(4-8-13)12-5-9-14(2)10-6-12;7-1-4-9-5-2-8-3-6-9/h3-10H,1-2H3;7H,1-6H2/q+2;-2. The van der Waals surface area contributed by atoms with Crippen molar-refractivity contribution in [1.82, 2.24) is 4.90 Å². The Morgan fingerprint density at radius 2 is 1.35 bits per heavy atom. The van der Waals surface area contributed by atoms with Crippen molar-refractivity contribution in [2.24, 2.45) is 14.1 Å². The number of rotatable bonds is 3. The zero-order chi connectivity index (χ0) is 16.5. The van der Waals surface area contributed by atoms with E-state index in [0.717, 1.165) is 32.7 Å². The first-order chi connectivity index (χ1) is 11.2. The molecule has 0 aliphatic carbocycles. The van der Waals surface area contributed by atoms with E-state index in [1.807, 2.05) is 23.2 Å². The molecule has 124 valence electrons. The first-order valence-corrected chi connectivity index (χ1v) is 8.10. The van der Waals surface area contributed by atoms with Crippen molar-refractivity contribution in [2.75, 3.05) is 39.3 Å².